The monoisotopic (exact) mass is 320 g/mol. The van der Waals surface area contributed by atoms with Gasteiger partial charge in [-0.3, -0.25) is 19.7 Å². The number of nitrogens with zero attached hydrogens (tertiary/aromatic N) is 1. The van der Waals surface area contributed by atoms with Crippen molar-refractivity contribution in [2.24, 2.45) is 5.92 Å². The fourth-order valence-corrected chi connectivity index (χ4v) is 2.71. The molecule has 0 aliphatic heterocycles. The number of carbonyl (C=O) groups excluding carboxylic acids is 2. The lowest BCUT2D eigenvalue weighted by molar-refractivity contribution is -0.384. The Hall–Kier alpha value is -2.77. The van der Waals surface area contributed by atoms with E-state index < -0.39 is 28.8 Å². The van der Waals surface area contributed by atoms with Gasteiger partial charge in [-0.1, -0.05) is 6.07 Å². The van der Waals surface area contributed by atoms with Crippen LogP contribution in [0.5, 0.6) is 0 Å². The molecule has 2 rings (SSSR count). The van der Waals surface area contributed by atoms with Gasteiger partial charge in [0, 0.05) is 30.5 Å². The van der Waals surface area contributed by atoms with Crippen LogP contribution in [0.2, 0.25) is 0 Å². The van der Waals surface area contributed by atoms with Crippen molar-refractivity contribution in [2.45, 2.75) is 31.7 Å². The zero-order valence-corrected chi connectivity index (χ0v) is 12.2. The highest BCUT2D eigenvalue weighted by atomic mass is 16.6. The molecule has 1 amide bonds. The van der Waals surface area contributed by atoms with Crippen molar-refractivity contribution < 1.29 is 24.4 Å². The number of amides is 1. The number of Topliss-reactive ketones (excluding diaryl/α,β-unsaturated/α-hetero) is 1. The summed E-state index contributed by atoms with van der Waals surface area (Å²) < 4.78 is 0. The van der Waals surface area contributed by atoms with Gasteiger partial charge in [-0.05, 0) is 24.8 Å². The number of carbonyl (C=O) groups is 3. The number of nitro groups is 1. The third-order valence-corrected chi connectivity index (χ3v) is 3.86. The fraction of sp³-hybridized carbons (Fsp3) is 0.400. The summed E-state index contributed by atoms with van der Waals surface area (Å²) in [5, 5.41) is 22.4. The van der Waals surface area contributed by atoms with Crippen LogP contribution in [0.25, 0.3) is 0 Å². The zero-order valence-electron chi connectivity index (χ0n) is 12.2. The molecule has 2 N–H and O–H groups in total. The first kappa shape index (κ1) is 16.6. The van der Waals surface area contributed by atoms with Crippen molar-refractivity contribution in [2.75, 3.05) is 0 Å². The number of carboxylic acid groups (broad SMARTS) is 1. The lowest BCUT2D eigenvalue weighted by Crippen LogP contribution is -2.47. The summed E-state index contributed by atoms with van der Waals surface area (Å²) in [5.74, 6) is -2.41. The normalized spacial score (nSPS) is 19.0. The van der Waals surface area contributed by atoms with Gasteiger partial charge >= 0.3 is 5.97 Å². The molecule has 23 heavy (non-hydrogen) atoms. The first-order valence-electron chi connectivity index (χ1n) is 7.18. The Balaban J connectivity index is 2.15. The third kappa shape index (κ3) is 4.12. The van der Waals surface area contributed by atoms with Crippen LogP contribution in [-0.4, -0.2) is 33.7 Å². The molecule has 122 valence electrons. The van der Waals surface area contributed by atoms with Crippen LogP contribution in [0.15, 0.2) is 24.3 Å². The largest absolute Gasteiger partial charge is 0.480 e. The second-order valence-corrected chi connectivity index (χ2v) is 5.49. The SMILES string of the molecule is O=C1CCC[C@H]([C@@H](NC(=O)c2cccc([N+](=O)[O-])c2)C(=O)O)C1. The molecule has 1 saturated carbocycles. The summed E-state index contributed by atoms with van der Waals surface area (Å²) in [6.07, 6.45) is 1.69. The number of ketones is 1. The number of carboxylic acids is 1. The number of benzene rings is 1. The Kier molecular flexibility index (Phi) is 5.05. The van der Waals surface area contributed by atoms with Gasteiger partial charge in [0.05, 0.1) is 4.92 Å². The molecule has 0 aromatic heterocycles. The van der Waals surface area contributed by atoms with E-state index in [1.165, 1.54) is 18.2 Å². The Bertz CT molecular complexity index is 657. The van der Waals surface area contributed by atoms with Crippen LogP contribution in [0.1, 0.15) is 36.0 Å². The number of hydrogen-bond donors (Lipinski definition) is 2. The lowest BCUT2D eigenvalue weighted by Gasteiger charge is -2.27. The van der Waals surface area contributed by atoms with Crippen molar-refractivity contribution in [3.63, 3.8) is 0 Å². The summed E-state index contributed by atoms with van der Waals surface area (Å²) in [4.78, 5) is 45.2. The number of non-ortho nitro benzene ring substituents is 1. The molecule has 8 heteroatoms. The van der Waals surface area contributed by atoms with E-state index in [2.05, 4.69) is 5.32 Å². The Morgan fingerprint density at radius 2 is 2.13 bits per heavy atom. The van der Waals surface area contributed by atoms with Crippen molar-refractivity contribution >= 4 is 23.3 Å². The molecule has 0 heterocycles. The summed E-state index contributed by atoms with van der Waals surface area (Å²) in [7, 11) is 0. The molecule has 1 aromatic rings. The van der Waals surface area contributed by atoms with Crippen molar-refractivity contribution in [3.05, 3.63) is 39.9 Å². The standard InChI is InChI=1S/C15H16N2O6/c18-12-6-2-3-9(8-12)13(15(20)21)16-14(19)10-4-1-5-11(7-10)17(22)23/h1,4-5,7,9,13H,2-3,6,8H2,(H,16,19)(H,20,21)/t9-,13+/m0/s1. The van der Waals surface area contributed by atoms with Crippen molar-refractivity contribution in [1.29, 1.82) is 0 Å². The molecule has 0 radical (unpaired) electrons. The van der Waals surface area contributed by atoms with E-state index in [9.17, 15) is 29.6 Å². The fourth-order valence-electron chi connectivity index (χ4n) is 2.71. The van der Waals surface area contributed by atoms with Gasteiger partial charge in [0.1, 0.15) is 11.8 Å². The van der Waals surface area contributed by atoms with Gasteiger partial charge in [0.15, 0.2) is 0 Å². The first-order valence-corrected chi connectivity index (χ1v) is 7.18. The van der Waals surface area contributed by atoms with E-state index in [-0.39, 0.29) is 23.5 Å². The molecule has 0 spiro atoms. The van der Waals surface area contributed by atoms with Gasteiger partial charge in [0.2, 0.25) is 0 Å². The second kappa shape index (κ2) is 6.99. The Morgan fingerprint density at radius 1 is 1.39 bits per heavy atom. The van der Waals surface area contributed by atoms with E-state index in [0.29, 0.717) is 19.3 Å². The van der Waals surface area contributed by atoms with E-state index >= 15 is 0 Å². The van der Waals surface area contributed by atoms with E-state index in [1.54, 1.807) is 0 Å². The maximum absolute atomic E-state index is 12.2. The summed E-state index contributed by atoms with van der Waals surface area (Å²) in [5.41, 5.74) is -0.245. The predicted molar refractivity (Wildman–Crippen MR) is 79.0 cm³/mol. The molecule has 1 aliphatic rings. The van der Waals surface area contributed by atoms with Crippen molar-refractivity contribution in [3.8, 4) is 0 Å². The number of hydrogen-bond acceptors (Lipinski definition) is 5. The highest BCUT2D eigenvalue weighted by Crippen LogP contribution is 2.25. The molecule has 0 unspecified atom stereocenters. The Labute approximate surface area is 131 Å². The van der Waals surface area contributed by atoms with Crippen molar-refractivity contribution in [1.82, 2.24) is 5.32 Å². The summed E-state index contributed by atoms with van der Waals surface area (Å²) in [6, 6.07) is 3.86. The second-order valence-electron chi connectivity index (χ2n) is 5.49. The highest BCUT2D eigenvalue weighted by Gasteiger charge is 2.33. The molecule has 2 atom stereocenters. The molecule has 1 aliphatic carbocycles. The van der Waals surface area contributed by atoms with E-state index in [0.717, 1.165) is 6.07 Å². The molecule has 0 saturated heterocycles. The summed E-state index contributed by atoms with van der Waals surface area (Å²) >= 11 is 0. The lowest BCUT2D eigenvalue weighted by atomic mass is 9.83. The molecular formula is C15H16N2O6. The molecule has 1 fully saturated rings. The van der Waals surface area contributed by atoms with Crippen LogP contribution < -0.4 is 5.32 Å². The van der Waals surface area contributed by atoms with E-state index in [1.807, 2.05) is 0 Å². The van der Waals surface area contributed by atoms with Gasteiger partial charge in [-0.25, -0.2) is 4.79 Å². The smallest absolute Gasteiger partial charge is 0.326 e. The summed E-state index contributed by atoms with van der Waals surface area (Å²) in [6.45, 7) is 0. The number of aliphatic carboxylic acids is 1. The minimum atomic E-state index is -1.22. The topological polar surface area (TPSA) is 127 Å². The maximum Gasteiger partial charge on any atom is 0.326 e. The van der Waals surface area contributed by atoms with Crippen LogP contribution >= 0.6 is 0 Å². The average Bonchev–Trinajstić information content (AvgIpc) is 2.52. The molecule has 0 bridgehead atoms. The molecule has 1 aromatic carbocycles. The van der Waals surface area contributed by atoms with Crippen LogP contribution in [0.4, 0.5) is 5.69 Å². The van der Waals surface area contributed by atoms with Gasteiger partial charge < -0.3 is 10.4 Å². The molecular weight excluding hydrogens is 304 g/mol. The Morgan fingerprint density at radius 3 is 2.74 bits per heavy atom. The minimum Gasteiger partial charge on any atom is -0.480 e. The predicted octanol–water partition coefficient (Wildman–Crippen LogP) is 1.54. The van der Waals surface area contributed by atoms with Crippen LogP contribution in [0, 0.1) is 16.0 Å². The number of nitrogens with one attached hydrogen (secondary N) is 1. The average molecular weight is 320 g/mol. The third-order valence-electron chi connectivity index (χ3n) is 3.86. The van der Waals surface area contributed by atoms with E-state index in [4.69, 9.17) is 0 Å². The highest BCUT2D eigenvalue weighted by molar-refractivity contribution is 5.97. The number of nitro benzene ring substituents is 1. The van der Waals surface area contributed by atoms with Gasteiger partial charge in [0.25, 0.3) is 11.6 Å². The zero-order chi connectivity index (χ0) is 17.0. The quantitative estimate of drug-likeness (QED) is 0.626. The maximum atomic E-state index is 12.2. The number of rotatable bonds is 5. The minimum absolute atomic E-state index is 0.00702. The van der Waals surface area contributed by atoms with Crippen LogP contribution in [0.3, 0.4) is 0 Å². The van der Waals surface area contributed by atoms with Crippen LogP contribution in [-0.2, 0) is 9.59 Å². The van der Waals surface area contributed by atoms with Gasteiger partial charge in [-0.15, -0.1) is 0 Å². The first-order chi connectivity index (χ1) is 10.9. The molecule has 8 nitrogen and oxygen atoms in total. The van der Waals surface area contributed by atoms with Gasteiger partial charge in [-0.2, -0.15) is 0 Å².